The average Bonchev–Trinajstić information content (AvgIpc) is 3.54. The molecular weight excluding hydrogens is 384 g/mol. The topological polar surface area (TPSA) is 64.1 Å². The Labute approximate surface area is 167 Å². The quantitative estimate of drug-likeness (QED) is 0.687. The van der Waals surface area contributed by atoms with Crippen molar-refractivity contribution >= 4 is 17.7 Å². The lowest BCUT2D eigenvalue weighted by atomic mass is 10.2. The molecule has 1 aliphatic carbocycles. The molecule has 0 radical (unpaired) electrons. The molecule has 1 heterocycles. The van der Waals surface area contributed by atoms with E-state index in [0.29, 0.717) is 12.7 Å². The molecule has 1 aromatic carbocycles. The number of ether oxygens (including phenoxy) is 1. The SMILES string of the molecule is C1CC1.CS/C=C/CNC(=O)c1cnc(C(C)(F)F)nc1Oc1ccccc1. The van der Waals surface area contributed by atoms with E-state index in [-0.39, 0.29) is 18.0 Å². The van der Waals surface area contributed by atoms with Gasteiger partial charge in [-0.15, -0.1) is 11.8 Å². The maximum atomic E-state index is 13.5. The molecule has 5 nitrogen and oxygen atoms in total. The Morgan fingerprint density at radius 1 is 1.29 bits per heavy atom. The van der Waals surface area contributed by atoms with E-state index in [2.05, 4.69) is 15.3 Å². The van der Waals surface area contributed by atoms with E-state index < -0.39 is 17.7 Å². The summed E-state index contributed by atoms with van der Waals surface area (Å²) in [6, 6.07) is 8.49. The summed E-state index contributed by atoms with van der Waals surface area (Å²) in [7, 11) is 0. The molecule has 0 saturated heterocycles. The number of hydrogen-bond acceptors (Lipinski definition) is 5. The third kappa shape index (κ3) is 7.64. The first-order chi connectivity index (χ1) is 13.4. The van der Waals surface area contributed by atoms with Gasteiger partial charge in [-0.1, -0.05) is 43.5 Å². The number of amides is 1. The molecule has 1 aromatic heterocycles. The third-order valence-electron chi connectivity index (χ3n) is 3.32. The van der Waals surface area contributed by atoms with E-state index in [0.717, 1.165) is 6.20 Å². The molecule has 1 aliphatic rings. The van der Waals surface area contributed by atoms with Gasteiger partial charge in [-0.05, 0) is 23.8 Å². The van der Waals surface area contributed by atoms with E-state index in [1.165, 1.54) is 31.0 Å². The van der Waals surface area contributed by atoms with E-state index >= 15 is 0 Å². The van der Waals surface area contributed by atoms with Gasteiger partial charge in [0.2, 0.25) is 11.7 Å². The minimum Gasteiger partial charge on any atom is -0.438 e. The van der Waals surface area contributed by atoms with E-state index in [1.807, 2.05) is 11.7 Å². The molecule has 1 saturated carbocycles. The Bertz CT molecular complexity index is 791. The minimum atomic E-state index is -3.25. The van der Waals surface area contributed by atoms with Gasteiger partial charge in [-0.25, -0.2) is 4.98 Å². The number of alkyl halides is 2. The van der Waals surface area contributed by atoms with Crippen molar-refractivity contribution in [2.75, 3.05) is 12.8 Å². The fraction of sp³-hybridized carbons (Fsp3) is 0.350. The van der Waals surface area contributed by atoms with Crippen LogP contribution >= 0.6 is 11.8 Å². The monoisotopic (exact) mass is 407 g/mol. The van der Waals surface area contributed by atoms with Crippen LogP contribution in [0.5, 0.6) is 11.6 Å². The molecule has 150 valence electrons. The Balaban J connectivity index is 0.000000849. The summed E-state index contributed by atoms with van der Waals surface area (Å²) in [6.45, 7) is 0.970. The van der Waals surface area contributed by atoms with Crippen molar-refractivity contribution in [1.29, 1.82) is 0 Å². The van der Waals surface area contributed by atoms with Crippen molar-refractivity contribution in [2.45, 2.75) is 32.1 Å². The second-order valence-corrected chi connectivity index (χ2v) is 6.84. The number of halogens is 2. The van der Waals surface area contributed by atoms with E-state index in [4.69, 9.17) is 4.74 Å². The lowest BCUT2D eigenvalue weighted by Crippen LogP contribution is -2.25. The van der Waals surface area contributed by atoms with Crippen molar-refractivity contribution in [2.24, 2.45) is 0 Å². The first kappa shape index (κ1) is 21.8. The first-order valence-corrected chi connectivity index (χ1v) is 10.1. The van der Waals surface area contributed by atoms with Crippen LogP contribution in [0.15, 0.2) is 48.0 Å². The Kier molecular flexibility index (Phi) is 8.38. The highest BCUT2D eigenvalue weighted by Gasteiger charge is 2.30. The second-order valence-electron chi connectivity index (χ2n) is 6.09. The van der Waals surface area contributed by atoms with Gasteiger partial charge >= 0.3 is 5.92 Å². The van der Waals surface area contributed by atoms with Gasteiger partial charge in [-0.2, -0.15) is 13.8 Å². The summed E-state index contributed by atoms with van der Waals surface area (Å²) < 4.78 is 32.5. The standard InChI is InChI=1S/C17H17F2N3O2S.C3H6/c1-17(18,19)16-21-11-13(14(23)20-9-6-10-25-2)15(22-16)24-12-7-4-3-5-8-12;1-2-3-1/h3-8,10-11H,9H2,1-2H3,(H,20,23);1-3H2/b10-6+;. The predicted octanol–water partition coefficient (Wildman–Crippen LogP) is 5.16. The number of para-hydroxylation sites is 1. The van der Waals surface area contributed by atoms with E-state index in [1.54, 1.807) is 36.4 Å². The lowest BCUT2D eigenvalue weighted by molar-refractivity contribution is 0.00708. The molecule has 8 heteroatoms. The summed E-state index contributed by atoms with van der Waals surface area (Å²) in [5, 5.41) is 4.45. The van der Waals surface area contributed by atoms with E-state index in [9.17, 15) is 13.6 Å². The van der Waals surface area contributed by atoms with Crippen molar-refractivity contribution in [3.63, 3.8) is 0 Å². The molecule has 1 N–H and O–H groups in total. The molecule has 0 unspecified atom stereocenters. The van der Waals surface area contributed by atoms with Crippen LogP contribution in [0.3, 0.4) is 0 Å². The zero-order chi connectivity index (χ0) is 20.4. The molecule has 0 bridgehead atoms. The normalized spacial score (nSPS) is 12.9. The maximum absolute atomic E-state index is 13.5. The zero-order valence-corrected chi connectivity index (χ0v) is 16.6. The van der Waals surface area contributed by atoms with Crippen LogP contribution in [0.25, 0.3) is 0 Å². The minimum absolute atomic E-state index is 0.0191. The molecular formula is C20H23F2N3O2S. The first-order valence-electron chi connectivity index (χ1n) is 8.86. The average molecular weight is 407 g/mol. The van der Waals surface area contributed by atoms with Gasteiger partial charge in [0.25, 0.3) is 5.91 Å². The van der Waals surface area contributed by atoms with Gasteiger partial charge < -0.3 is 10.1 Å². The van der Waals surface area contributed by atoms with Gasteiger partial charge in [0, 0.05) is 19.7 Å². The molecule has 28 heavy (non-hydrogen) atoms. The molecule has 0 atom stereocenters. The third-order valence-corrected chi connectivity index (χ3v) is 3.78. The Morgan fingerprint density at radius 2 is 1.96 bits per heavy atom. The van der Waals surface area contributed by atoms with Crippen LogP contribution in [0, 0.1) is 0 Å². The lowest BCUT2D eigenvalue weighted by Gasteiger charge is -2.13. The summed E-state index contributed by atoms with van der Waals surface area (Å²) in [4.78, 5) is 19.6. The zero-order valence-electron chi connectivity index (χ0n) is 15.8. The molecule has 1 amide bonds. The summed E-state index contributed by atoms with van der Waals surface area (Å²) >= 11 is 1.49. The fourth-order valence-corrected chi connectivity index (χ4v) is 2.09. The van der Waals surface area contributed by atoms with Crippen molar-refractivity contribution in [3.8, 4) is 11.6 Å². The van der Waals surface area contributed by atoms with Crippen LogP contribution in [-0.4, -0.2) is 28.7 Å². The number of aromatic nitrogens is 2. The number of nitrogens with one attached hydrogen (secondary N) is 1. The number of nitrogens with zero attached hydrogens (tertiary/aromatic N) is 2. The molecule has 0 aliphatic heterocycles. The van der Waals surface area contributed by atoms with Crippen LogP contribution in [-0.2, 0) is 5.92 Å². The number of hydrogen-bond donors (Lipinski definition) is 1. The maximum Gasteiger partial charge on any atom is 0.303 e. The number of benzene rings is 1. The largest absolute Gasteiger partial charge is 0.438 e. The summed E-state index contributed by atoms with van der Waals surface area (Å²) in [6.07, 6.45) is 9.20. The van der Waals surface area contributed by atoms with Gasteiger partial charge in [0.05, 0.1) is 0 Å². The van der Waals surface area contributed by atoms with Crippen molar-refractivity contribution < 1.29 is 18.3 Å². The highest BCUT2D eigenvalue weighted by atomic mass is 32.2. The number of carbonyl (C=O) groups excluding carboxylic acids is 1. The Morgan fingerprint density at radius 3 is 2.54 bits per heavy atom. The van der Waals surface area contributed by atoms with Crippen LogP contribution in [0.2, 0.25) is 0 Å². The highest BCUT2D eigenvalue weighted by Crippen LogP contribution is 2.28. The van der Waals surface area contributed by atoms with Crippen molar-refractivity contribution in [1.82, 2.24) is 15.3 Å². The van der Waals surface area contributed by atoms with Gasteiger partial charge in [0.15, 0.2) is 0 Å². The second kappa shape index (κ2) is 10.8. The van der Waals surface area contributed by atoms with Crippen molar-refractivity contribution in [3.05, 3.63) is 59.4 Å². The number of carbonyl (C=O) groups is 1. The van der Waals surface area contributed by atoms with Crippen LogP contribution < -0.4 is 10.1 Å². The molecule has 1 fully saturated rings. The fourth-order valence-electron chi connectivity index (χ4n) is 1.80. The highest BCUT2D eigenvalue weighted by molar-refractivity contribution is 8.01. The molecule has 0 spiro atoms. The summed E-state index contributed by atoms with van der Waals surface area (Å²) in [5.41, 5.74) is -0.0191. The van der Waals surface area contributed by atoms with Gasteiger partial charge in [0.1, 0.15) is 11.3 Å². The van der Waals surface area contributed by atoms with Crippen LogP contribution in [0.1, 0.15) is 42.4 Å². The Hall–Kier alpha value is -2.48. The van der Waals surface area contributed by atoms with Crippen LogP contribution in [0.4, 0.5) is 8.78 Å². The molecule has 3 rings (SSSR count). The number of rotatable bonds is 7. The molecule has 2 aromatic rings. The van der Waals surface area contributed by atoms with Gasteiger partial charge in [-0.3, -0.25) is 4.79 Å². The number of thioether (sulfide) groups is 1. The summed E-state index contributed by atoms with van der Waals surface area (Å²) in [5.74, 6) is -4.31. The smallest absolute Gasteiger partial charge is 0.303 e. The predicted molar refractivity (Wildman–Crippen MR) is 107 cm³/mol.